The number of nitrogens with zero attached hydrogens (tertiary/aromatic N) is 1. The Balaban J connectivity index is 2.41. The van der Waals surface area contributed by atoms with Gasteiger partial charge in [-0.15, -0.1) is 6.58 Å². The summed E-state index contributed by atoms with van der Waals surface area (Å²) in [7, 11) is 0. The monoisotopic (exact) mass is 297 g/mol. The van der Waals surface area contributed by atoms with Crippen LogP contribution in [0.5, 0.6) is 0 Å². The molecule has 0 radical (unpaired) electrons. The van der Waals surface area contributed by atoms with Crippen molar-refractivity contribution in [3.8, 4) is 0 Å². The second-order valence-electron chi connectivity index (χ2n) is 3.46. The number of amides is 3. The lowest BCUT2D eigenvalue weighted by Gasteiger charge is -2.06. The van der Waals surface area contributed by atoms with Crippen molar-refractivity contribution in [2.75, 3.05) is 13.2 Å². The molecule has 8 heteroatoms. The third-order valence-electron chi connectivity index (χ3n) is 1.97. The molecule has 0 aliphatic carbocycles. The minimum Gasteiger partial charge on any atom is -0.452 e. The van der Waals surface area contributed by atoms with Gasteiger partial charge in [0.1, 0.15) is 5.15 Å². The molecule has 1 aromatic heterocycles. The van der Waals surface area contributed by atoms with Crippen LogP contribution in [0.25, 0.3) is 0 Å². The molecule has 0 aromatic carbocycles. The van der Waals surface area contributed by atoms with Crippen LogP contribution >= 0.6 is 11.6 Å². The third-order valence-corrected chi connectivity index (χ3v) is 2.27. The van der Waals surface area contributed by atoms with Crippen LogP contribution in [-0.2, 0) is 9.53 Å². The summed E-state index contributed by atoms with van der Waals surface area (Å²) in [6.07, 6.45) is 2.87. The van der Waals surface area contributed by atoms with Crippen molar-refractivity contribution in [3.63, 3.8) is 0 Å². The predicted octanol–water partition coefficient (Wildman–Crippen LogP) is 0.904. The van der Waals surface area contributed by atoms with E-state index >= 15 is 0 Å². The summed E-state index contributed by atoms with van der Waals surface area (Å²) >= 11 is 5.69. The summed E-state index contributed by atoms with van der Waals surface area (Å²) in [6, 6.07) is 2.21. The SMILES string of the molecule is C=CCNC(=O)NC(=O)COC(=O)c1cccnc1Cl. The number of esters is 1. The molecule has 1 rings (SSSR count). The van der Waals surface area contributed by atoms with Gasteiger partial charge in [-0.3, -0.25) is 10.1 Å². The van der Waals surface area contributed by atoms with E-state index in [0.29, 0.717) is 0 Å². The van der Waals surface area contributed by atoms with Gasteiger partial charge in [-0.1, -0.05) is 17.7 Å². The van der Waals surface area contributed by atoms with Gasteiger partial charge >= 0.3 is 12.0 Å². The average Bonchev–Trinajstić information content (AvgIpc) is 2.43. The number of hydrogen-bond donors (Lipinski definition) is 2. The number of imide groups is 1. The predicted molar refractivity (Wildman–Crippen MR) is 71.3 cm³/mol. The summed E-state index contributed by atoms with van der Waals surface area (Å²) in [5.41, 5.74) is 0.0399. The zero-order chi connectivity index (χ0) is 15.0. The van der Waals surface area contributed by atoms with E-state index in [1.807, 2.05) is 5.32 Å². The molecule has 7 nitrogen and oxygen atoms in total. The summed E-state index contributed by atoms with van der Waals surface area (Å²) in [6.45, 7) is 3.00. The topological polar surface area (TPSA) is 97.4 Å². The molecule has 1 aromatic rings. The van der Waals surface area contributed by atoms with Crippen molar-refractivity contribution >= 4 is 29.5 Å². The number of hydrogen-bond acceptors (Lipinski definition) is 5. The maximum absolute atomic E-state index is 11.6. The first kappa shape index (κ1) is 15.6. The number of nitrogens with one attached hydrogen (secondary N) is 2. The zero-order valence-electron chi connectivity index (χ0n) is 10.4. The fourth-order valence-corrected chi connectivity index (χ4v) is 1.32. The lowest BCUT2D eigenvalue weighted by molar-refractivity contribution is -0.123. The fourth-order valence-electron chi connectivity index (χ4n) is 1.12. The van der Waals surface area contributed by atoms with Gasteiger partial charge in [-0.05, 0) is 12.1 Å². The van der Waals surface area contributed by atoms with Crippen LogP contribution in [0.2, 0.25) is 5.15 Å². The molecule has 0 unspecified atom stereocenters. The Labute approximate surface area is 120 Å². The molecule has 0 atom stereocenters. The molecule has 0 aliphatic rings. The van der Waals surface area contributed by atoms with Crippen LogP contribution in [0.15, 0.2) is 31.0 Å². The molecule has 20 heavy (non-hydrogen) atoms. The number of pyridine rings is 1. The first-order valence-corrected chi connectivity index (χ1v) is 5.88. The number of ether oxygens (including phenoxy) is 1. The minimum absolute atomic E-state index is 0.0263. The maximum Gasteiger partial charge on any atom is 0.341 e. The average molecular weight is 298 g/mol. The lowest BCUT2D eigenvalue weighted by atomic mass is 10.3. The van der Waals surface area contributed by atoms with E-state index in [-0.39, 0.29) is 17.3 Å². The van der Waals surface area contributed by atoms with Gasteiger partial charge in [0.15, 0.2) is 6.61 Å². The van der Waals surface area contributed by atoms with Crippen LogP contribution < -0.4 is 10.6 Å². The summed E-state index contributed by atoms with van der Waals surface area (Å²) in [4.78, 5) is 37.7. The van der Waals surface area contributed by atoms with Crippen molar-refractivity contribution < 1.29 is 19.1 Å². The fraction of sp³-hybridized carbons (Fsp3) is 0.167. The zero-order valence-corrected chi connectivity index (χ0v) is 11.1. The highest BCUT2D eigenvalue weighted by Gasteiger charge is 2.15. The number of carbonyl (C=O) groups is 3. The smallest absolute Gasteiger partial charge is 0.341 e. The Hall–Kier alpha value is -2.41. The first-order chi connectivity index (χ1) is 9.54. The summed E-state index contributed by atoms with van der Waals surface area (Å²) in [5.74, 6) is -1.57. The highest BCUT2D eigenvalue weighted by Crippen LogP contribution is 2.12. The molecule has 0 aliphatic heterocycles. The van der Waals surface area contributed by atoms with E-state index in [1.165, 1.54) is 24.4 Å². The largest absolute Gasteiger partial charge is 0.452 e. The number of halogens is 1. The van der Waals surface area contributed by atoms with E-state index in [1.54, 1.807) is 0 Å². The molecular formula is C12H12ClN3O4. The van der Waals surface area contributed by atoms with Crippen LogP contribution in [0, 0.1) is 0 Å². The standard InChI is InChI=1S/C12H12ClN3O4/c1-2-5-15-12(19)16-9(17)7-20-11(18)8-4-3-6-14-10(8)13/h2-4,6H,1,5,7H2,(H2,15,16,17,19). The van der Waals surface area contributed by atoms with Gasteiger partial charge in [-0.25, -0.2) is 14.6 Å². The van der Waals surface area contributed by atoms with Gasteiger partial charge in [0, 0.05) is 12.7 Å². The molecule has 3 amide bonds. The molecular weight excluding hydrogens is 286 g/mol. The molecule has 0 saturated heterocycles. The van der Waals surface area contributed by atoms with Crippen molar-refractivity contribution in [2.45, 2.75) is 0 Å². The van der Waals surface area contributed by atoms with Crippen LogP contribution in [0.1, 0.15) is 10.4 Å². The molecule has 0 fully saturated rings. The van der Waals surface area contributed by atoms with Gasteiger partial charge in [-0.2, -0.15) is 0 Å². The maximum atomic E-state index is 11.6. The molecule has 0 saturated carbocycles. The van der Waals surface area contributed by atoms with E-state index in [4.69, 9.17) is 16.3 Å². The molecule has 1 heterocycles. The Morgan fingerprint density at radius 3 is 2.85 bits per heavy atom. The van der Waals surface area contributed by atoms with E-state index in [9.17, 15) is 14.4 Å². The van der Waals surface area contributed by atoms with E-state index in [0.717, 1.165) is 0 Å². The van der Waals surface area contributed by atoms with Crippen molar-refractivity contribution in [3.05, 3.63) is 41.7 Å². The third kappa shape index (κ3) is 5.07. The van der Waals surface area contributed by atoms with Crippen molar-refractivity contribution in [2.24, 2.45) is 0 Å². The van der Waals surface area contributed by atoms with Gasteiger partial charge in [0.25, 0.3) is 5.91 Å². The van der Waals surface area contributed by atoms with Crippen LogP contribution in [0.4, 0.5) is 4.79 Å². The Morgan fingerprint density at radius 2 is 2.20 bits per heavy atom. The van der Waals surface area contributed by atoms with Crippen molar-refractivity contribution in [1.82, 2.24) is 15.6 Å². The number of aromatic nitrogens is 1. The summed E-state index contributed by atoms with van der Waals surface area (Å²) in [5, 5.41) is 4.28. The van der Waals surface area contributed by atoms with E-state index in [2.05, 4.69) is 16.9 Å². The van der Waals surface area contributed by atoms with Gasteiger partial charge in [0.05, 0.1) is 5.56 Å². The normalized spacial score (nSPS) is 9.45. The molecule has 0 bridgehead atoms. The number of rotatable bonds is 5. The second-order valence-corrected chi connectivity index (χ2v) is 3.82. The summed E-state index contributed by atoms with van der Waals surface area (Å²) < 4.78 is 4.70. The highest BCUT2D eigenvalue weighted by molar-refractivity contribution is 6.32. The molecule has 2 N–H and O–H groups in total. The Bertz CT molecular complexity index is 533. The Morgan fingerprint density at radius 1 is 1.45 bits per heavy atom. The van der Waals surface area contributed by atoms with Crippen molar-refractivity contribution in [1.29, 1.82) is 0 Å². The minimum atomic E-state index is -0.801. The van der Waals surface area contributed by atoms with Crippen LogP contribution in [0.3, 0.4) is 0 Å². The quantitative estimate of drug-likeness (QED) is 0.478. The Kier molecular flexibility index (Phi) is 6.18. The molecule has 0 spiro atoms. The highest BCUT2D eigenvalue weighted by atomic mass is 35.5. The number of carbonyl (C=O) groups excluding carboxylic acids is 3. The number of urea groups is 1. The van der Waals surface area contributed by atoms with E-state index < -0.39 is 24.5 Å². The second kappa shape index (κ2) is 7.90. The lowest BCUT2D eigenvalue weighted by Crippen LogP contribution is -2.41. The first-order valence-electron chi connectivity index (χ1n) is 5.50. The van der Waals surface area contributed by atoms with Gasteiger partial charge < -0.3 is 10.1 Å². The molecule has 106 valence electrons. The van der Waals surface area contributed by atoms with Crippen LogP contribution in [-0.4, -0.2) is 36.0 Å². The van der Waals surface area contributed by atoms with Gasteiger partial charge in [0.2, 0.25) is 0 Å².